The minimum absolute atomic E-state index is 0.354. The number of carbonyl (C=O) groups excluding carboxylic acids is 1. The van der Waals surface area contributed by atoms with E-state index in [1.54, 1.807) is 26.8 Å². The summed E-state index contributed by atoms with van der Waals surface area (Å²) in [6.07, 6.45) is 0. The lowest BCUT2D eigenvalue weighted by Gasteiger charge is -2.28. The summed E-state index contributed by atoms with van der Waals surface area (Å²) in [7, 11) is 0. The van der Waals surface area contributed by atoms with Crippen molar-refractivity contribution in [3.63, 3.8) is 0 Å². The molecule has 0 fully saturated rings. The minimum atomic E-state index is -1.03. The average Bonchev–Trinajstić information content (AvgIpc) is 2.28. The summed E-state index contributed by atoms with van der Waals surface area (Å²) in [6.45, 7) is 5.36. The van der Waals surface area contributed by atoms with E-state index in [-0.39, 0.29) is 5.91 Å². The Labute approximate surface area is 158 Å². The van der Waals surface area contributed by atoms with Crippen molar-refractivity contribution in [2.45, 2.75) is 26.8 Å². The number of carbonyl (C=O) groups is 2. The van der Waals surface area contributed by atoms with Gasteiger partial charge in [0.05, 0.1) is 5.56 Å². The van der Waals surface area contributed by atoms with Gasteiger partial charge in [-0.1, -0.05) is 20.8 Å². The first-order chi connectivity index (χ1) is 9.04. The molecule has 20 heavy (non-hydrogen) atoms. The number of hydrogen-bond donors (Lipinski definition) is 2. The molecular formula is C13H14I3NO3. The van der Waals surface area contributed by atoms with Gasteiger partial charge in [0.15, 0.2) is 0 Å². The molecule has 0 spiro atoms. The Morgan fingerprint density at radius 2 is 1.75 bits per heavy atom. The van der Waals surface area contributed by atoms with E-state index in [4.69, 9.17) is 0 Å². The monoisotopic (exact) mass is 613 g/mol. The molecule has 0 aromatic heterocycles. The van der Waals surface area contributed by atoms with Gasteiger partial charge in [-0.15, -0.1) is 0 Å². The Bertz CT molecular complexity index is 553. The predicted octanol–water partition coefficient (Wildman–Crippen LogP) is 3.73. The van der Waals surface area contributed by atoms with E-state index < -0.39 is 17.4 Å². The Morgan fingerprint density at radius 1 is 1.20 bits per heavy atom. The third-order valence-corrected chi connectivity index (χ3v) is 6.29. The Kier molecular flexibility index (Phi) is 6.51. The number of rotatable bonds is 3. The van der Waals surface area contributed by atoms with Gasteiger partial charge in [0.2, 0.25) is 0 Å². The molecule has 7 heteroatoms. The first-order valence-corrected chi connectivity index (χ1v) is 8.96. The number of carboxylic acid groups (broad SMARTS) is 1. The van der Waals surface area contributed by atoms with Gasteiger partial charge in [-0.2, -0.15) is 0 Å². The second-order valence-corrected chi connectivity index (χ2v) is 8.85. The second kappa shape index (κ2) is 7.07. The highest BCUT2D eigenvalue weighted by atomic mass is 127. The number of carboxylic acids is 1. The van der Waals surface area contributed by atoms with Crippen LogP contribution in [0, 0.1) is 16.1 Å². The SMILES string of the molecule is CC(C)(C)[C@@H](NC(=O)c1cc(I)cc(I)c1I)C(=O)O. The van der Waals surface area contributed by atoms with Crippen LogP contribution >= 0.6 is 67.8 Å². The van der Waals surface area contributed by atoms with Gasteiger partial charge in [0.25, 0.3) is 5.91 Å². The van der Waals surface area contributed by atoms with Crippen molar-refractivity contribution in [2.75, 3.05) is 0 Å². The third-order valence-electron chi connectivity index (χ3n) is 2.63. The van der Waals surface area contributed by atoms with E-state index in [9.17, 15) is 14.7 Å². The number of nitrogens with one attached hydrogen (secondary N) is 1. The first kappa shape index (κ1) is 18.4. The van der Waals surface area contributed by atoms with Crippen molar-refractivity contribution in [2.24, 2.45) is 5.41 Å². The minimum Gasteiger partial charge on any atom is -0.480 e. The maximum Gasteiger partial charge on any atom is 0.326 e. The van der Waals surface area contributed by atoms with Crippen LogP contribution in [-0.4, -0.2) is 23.0 Å². The highest BCUT2D eigenvalue weighted by Crippen LogP contribution is 2.24. The molecule has 0 aliphatic heterocycles. The van der Waals surface area contributed by atoms with E-state index in [2.05, 4.69) is 73.1 Å². The summed E-state index contributed by atoms with van der Waals surface area (Å²) < 4.78 is 2.75. The third kappa shape index (κ3) is 4.68. The summed E-state index contributed by atoms with van der Waals surface area (Å²) in [5, 5.41) is 11.9. The van der Waals surface area contributed by atoms with Crippen molar-refractivity contribution in [1.82, 2.24) is 5.32 Å². The molecule has 110 valence electrons. The van der Waals surface area contributed by atoms with Crippen LogP contribution in [0.2, 0.25) is 0 Å². The van der Waals surface area contributed by atoms with E-state index >= 15 is 0 Å². The smallest absolute Gasteiger partial charge is 0.326 e. The summed E-state index contributed by atoms with van der Waals surface area (Å²) in [5.74, 6) is -1.38. The molecule has 0 unspecified atom stereocenters. The molecule has 0 saturated heterocycles. The molecule has 0 aliphatic carbocycles. The highest BCUT2D eigenvalue weighted by Gasteiger charge is 2.33. The first-order valence-electron chi connectivity index (χ1n) is 5.72. The molecular weight excluding hydrogens is 599 g/mol. The number of hydrogen-bond acceptors (Lipinski definition) is 2. The number of amides is 1. The lowest BCUT2D eigenvalue weighted by molar-refractivity contribution is -0.142. The lowest BCUT2D eigenvalue weighted by atomic mass is 9.86. The van der Waals surface area contributed by atoms with Crippen LogP contribution in [0.15, 0.2) is 12.1 Å². The molecule has 0 bridgehead atoms. The van der Waals surface area contributed by atoms with Crippen molar-refractivity contribution in [3.05, 3.63) is 28.4 Å². The maximum atomic E-state index is 12.3. The fourth-order valence-electron chi connectivity index (χ4n) is 1.58. The molecule has 4 nitrogen and oxygen atoms in total. The molecule has 0 saturated carbocycles. The number of aliphatic carboxylic acids is 1. The van der Waals surface area contributed by atoms with Crippen molar-refractivity contribution < 1.29 is 14.7 Å². The highest BCUT2D eigenvalue weighted by molar-refractivity contribution is 14.1. The van der Waals surface area contributed by atoms with Gasteiger partial charge < -0.3 is 10.4 Å². The fraction of sp³-hybridized carbons (Fsp3) is 0.385. The van der Waals surface area contributed by atoms with E-state index in [1.807, 2.05) is 6.07 Å². The summed E-state index contributed by atoms with van der Waals surface area (Å²) in [6, 6.07) is 2.81. The quantitative estimate of drug-likeness (QED) is 0.404. The molecule has 1 atom stereocenters. The molecule has 0 aliphatic rings. The van der Waals surface area contributed by atoms with Crippen LogP contribution in [0.5, 0.6) is 0 Å². The van der Waals surface area contributed by atoms with Crippen LogP contribution in [0.1, 0.15) is 31.1 Å². The second-order valence-electron chi connectivity index (χ2n) is 5.36. The lowest BCUT2D eigenvalue weighted by Crippen LogP contribution is -2.49. The normalized spacial score (nSPS) is 12.9. The summed E-state index contributed by atoms with van der Waals surface area (Å²) in [5.41, 5.74) is -0.0421. The Hall–Kier alpha value is 0.350. The van der Waals surface area contributed by atoms with Crippen molar-refractivity contribution >= 4 is 79.6 Å². The van der Waals surface area contributed by atoms with Crippen molar-refractivity contribution in [1.29, 1.82) is 0 Å². The topological polar surface area (TPSA) is 66.4 Å². The Morgan fingerprint density at radius 3 is 2.20 bits per heavy atom. The number of benzene rings is 1. The molecule has 1 amide bonds. The molecule has 2 N–H and O–H groups in total. The van der Waals surface area contributed by atoms with Crippen LogP contribution in [0.25, 0.3) is 0 Å². The Balaban J connectivity index is 3.11. The zero-order valence-corrected chi connectivity index (χ0v) is 17.6. The molecule has 1 aromatic rings. The van der Waals surface area contributed by atoms with Gasteiger partial charge in [0.1, 0.15) is 6.04 Å². The van der Waals surface area contributed by atoms with Crippen molar-refractivity contribution in [3.8, 4) is 0 Å². The average molecular weight is 613 g/mol. The largest absolute Gasteiger partial charge is 0.480 e. The van der Waals surface area contributed by atoms with Crippen LogP contribution in [0.4, 0.5) is 0 Å². The van der Waals surface area contributed by atoms with E-state index in [1.165, 1.54) is 0 Å². The molecule has 0 radical (unpaired) electrons. The fourth-order valence-corrected chi connectivity index (χ4v) is 3.98. The van der Waals surface area contributed by atoms with Crippen LogP contribution in [-0.2, 0) is 4.79 Å². The van der Waals surface area contributed by atoms with Gasteiger partial charge in [0, 0.05) is 10.7 Å². The van der Waals surface area contributed by atoms with Crippen LogP contribution < -0.4 is 5.32 Å². The van der Waals surface area contributed by atoms with Gasteiger partial charge in [-0.05, 0) is 85.3 Å². The maximum absolute atomic E-state index is 12.3. The zero-order valence-electron chi connectivity index (χ0n) is 11.1. The van der Waals surface area contributed by atoms with Gasteiger partial charge >= 0.3 is 5.97 Å². The molecule has 1 rings (SSSR count). The standard InChI is InChI=1S/C13H14I3NO3/c1-13(2,3)10(12(19)20)17-11(18)7-4-6(14)5-8(15)9(7)16/h4-5,10H,1-3H3,(H,17,18)(H,19,20)/t10-/m0/s1. The summed E-state index contributed by atoms with van der Waals surface area (Å²) >= 11 is 6.41. The predicted molar refractivity (Wildman–Crippen MR) is 103 cm³/mol. The molecule has 0 heterocycles. The summed E-state index contributed by atoms with van der Waals surface area (Å²) in [4.78, 5) is 23.7. The van der Waals surface area contributed by atoms with Gasteiger partial charge in [-0.3, -0.25) is 4.79 Å². The molecule has 1 aromatic carbocycles. The zero-order chi connectivity index (χ0) is 15.7. The van der Waals surface area contributed by atoms with Gasteiger partial charge in [-0.25, -0.2) is 4.79 Å². The van der Waals surface area contributed by atoms with E-state index in [0.717, 1.165) is 10.7 Å². The number of halogens is 3. The van der Waals surface area contributed by atoms with E-state index in [0.29, 0.717) is 5.56 Å². The van der Waals surface area contributed by atoms with Crippen LogP contribution in [0.3, 0.4) is 0 Å².